The molecule has 1 amide bonds. The monoisotopic (exact) mass is 310 g/mol. The Balaban J connectivity index is 1.87. The first-order valence-electron chi connectivity index (χ1n) is 8.02. The Labute approximate surface area is 133 Å². The van der Waals surface area contributed by atoms with E-state index in [9.17, 15) is 4.79 Å². The van der Waals surface area contributed by atoms with Crippen LogP contribution in [-0.2, 0) is 14.0 Å². The quantitative estimate of drug-likeness (QED) is 0.794. The maximum absolute atomic E-state index is 11.9. The Morgan fingerprint density at radius 3 is 2.32 bits per heavy atom. The smallest absolute Gasteiger partial charge is 0.414 e. The summed E-state index contributed by atoms with van der Waals surface area (Å²) in [6.07, 6.45) is 3.50. The molecule has 124 valence electrons. The Hall–Kier alpha value is -0.845. The van der Waals surface area contributed by atoms with Crippen LogP contribution >= 0.6 is 0 Å². The molecular weight excluding hydrogens is 281 g/mol. The van der Waals surface area contributed by atoms with Crippen LogP contribution in [-0.4, -0.2) is 36.1 Å². The van der Waals surface area contributed by atoms with Gasteiger partial charge in [-0.2, -0.15) is 4.79 Å². The van der Waals surface area contributed by atoms with E-state index in [-0.39, 0.29) is 30.5 Å². The van der Waals surface area contributed by atoms with Crippen molar-refractivity contribution in [3.05, 3.63) is 11.5 Å². The third-order valence-corrected chi connectivity index (χ3v) is 4.52. The molecule has 0 aromatic rings. The number of nitrogens with two attached hydrogens (primary N) is 1. The first-order valence-corrected chi connectivity index (χ1v) is 8.02. The van der Waals surface area contributed by atoms with E-state index in [1.165, 1.54) is 0 Å². The summed E-state index contributed by atoms with van der Waals surface area (Å²) in [6, 6.07) is 0.170. The van der Waals surface area contributed by atoms with Crippen molar-refractivity contribution in [1.29, 1.82) is 0 Å². The Bertz CT molecular complexity index is 463. The van der Waals surface area contributed by atoms with Gasteiger partial charge in [-0.05, 0) is 53.9 Å². The van der Waals surface area contributed by atoms with Crippen LogP contribution in [0.25, 0.3) is 0 Å². The molecule has 6 heteroatoms. The molecule has 5 nitrogen and oxygen atoms in total. The summed E-state index contributed by atoms with van der Waals surface area (Å²) in [5, 5.41) is 1.68. The van der Waals surface area contributed by atoms with Gasteiger partial charge in [0, 0.05) is 12.8 Å². The van der Waals surface area contributed by atoms with Gasteiger partial charge in [-0.25, -0.2) is 5.32 Å². The lowest BCUT2D eigenvalue weighted by atomic mass is 9.77. The van der Waals surface area contributed by atoms with Gasteiger partial charge in [0.15, 0.2) is 0 Å². The van der Waals surface area contributed by atoms with Crippen molar-refractivity contribution >= 4 is 13.2 Å². The number of hydrogen-bond acceptors (Lipinski definition) is 4. The average Bonchev–Trinajstić information content (AvgIpc) is 2.79. The van der Waals surface area contributed by atoms with E-state index in [0.29, 0.717) is 0 Å². The van der Waals surface area contributed by atoms with Crippen molar-refractivity contribution in [2.24, 2.45) is 0 Å². The van der Waals surface area contributed by atoms with Gasteiger partial charge in [0.2, 0.25) is 0 Å². The van der Waals surface area contributed by atoms with E-state index < -0.39 is 5.60 Å². The first kappa shape index (κ1) is 17.5. The van der Waals surface area contributed by atoms with E-state index in [0.717, 1.165) is 18.3 Å². The Morgan fingerprint density at radius 1 is 1.27 bits per heavy atom. The molecule has 0 bridgehead atoms. The molecule has 0 spiro atoms. The molecular formula is C16H29BNO4+. The molecule has 1 unspecified atom stereocenters. The predicted molar refractivity (Wildman–Crippen MR) is 85.3 cm³/mol. The molecule has 1 aliphatic heterocycles. The van der Waals surface area contributed by atoms with E-state index in [2.05, 4.69) is 6.08 Å². The van der Waals surface area contributed by atoms with Gasteiger partial charge in [0.25, 0.3) is 0 Å². The fraction of sp³-hybridized carbons (Fsp3) is 0.812. The lowest BCUT2D eigenvalue weighted by Crippen LogP contribution is -2.93. The van der Waals surface area contributed by atoms with E-state index >= 15 is 0 Å². The zero-order chi connectivity index (χ0) is 16.8. The van der Waals surface area contributed by atoms with Crippen LogP contribution in [0, 0.1) is 0 Å². The lowest BCUT2D eigenvalue weighted by Gasteiger charge is -2.32. The SMILES string of the molecule is CC(C)(C)OC(=O)[NH2+]C1CC=C(B2OC(C)(C)C(C)(C)O2)C1. The van der Waals surface area contributed by atoms with Crippen LogP contribution in [0.1, 0.15) is 61.3 Å². The van der Waals surface area contributed by atoms with Crippen LogP contribution in [0.4, 0.5) is 4.79 Å². The highest BCUT2D eigenvalue weighted by molar-refractivity contribution is 6.54. The number of hydrogen-bond donors (Lipinski definition) is 1. The van der Waals surface area contributed by atoms with Gasteiger partial charge < -0.3 is 14.0 Å². The van der Waals surface area contributed by atoms with Crippen molar-refractivity contribution < 1.29 is 24.2 Å². The molecule has 2 N–H and O–H groups in total. The summed E-state index contributed by atoms with van der Waals surface area (Å²) < 4.78 is 17.5. The van der Waals surface area contributed by atoms with E-state index in [1.807, 2.05) is 48.5 Å². The first-order chi connectivity index (χ1) is 9.90. The van der Waals surface area contributed by atoms with Gasteiger partial charge in [0.05, 0.1) is 11.2 Å². The van der Waals surface area contributed by atoms with Crippen molar-refractivity contribution in [3.63, 3.8) is 0 Å². The van der Waals surface area contributed by atoms with Crippen molar-refractivity contribution in [1.82, 2.24) is 0 Å². The maximum atomic E-state index is 11.9. The van der Waals surface area contributed by atoms with Crippen molar-refractivity contribution in [2.45, 2.75) is 84.2 Å². The molecule has 0 radical (unpaired) electrons. The molecule has 1 saturated heterocycles. The zero-order valence-corrected chi connectivity index (χ0v) is 14.9. The summed E-state index contributed by atoms with van der Waals surface area (Å²) in [4.78, 5) is 11.9. The Morgan fingerprint density at radius 2 is 1.82 bits per heavy atom. The van der Waals surface area contributed by atoms with E-state index in [1.54, 1.807) is 5.32 Å². The molecule has 1 fully saturated rings. The topological polar surface area (TPSA) is 61.4 Å². The highest BCUT2D eigenvalue weighted by Gasteiger charge is 2.53. The van der Waals surface area contributed by atoms with E-state index in [4.69, 9.17) is 14.0 Å². The van der Waals surface area contributed by atoms with Gasteiger partial charge in [-0.15, -0.1) is 0 Å². The number of quaternary nitrogens is 1. The van der Waals surface area contributed by atoms with Crippen LogP contribution < -0.4 is 5.32 Å². The van der Waals surface area contributed by atoms with Gasteiger partial charge >= 0.3 is 13.2 Å². The molecule has 0 saturated carbocycles. The summed E-state index contributed by atoms with van der Waals surface area (Å²) >= 11 is 0. The summed E-state index contributed by atoms with van der Waals surface area (Å²) in [5.41, 5.74) is 0.0222. The number of carbonyl (C=O) groups excluding carboxylic acids is 1. The second-order valence-electron chi connectivity index (χ2n) is 8.27. The van der Waals surface area contributed by atoms with Crippen LogP contribution in [0.5, 0.6) is 0 Å². The number of amides is 1. The number of rotatable bonds is 2. The maximum Gasteiger partial charge on any atom is 0.513 e. The standard InChI is InChI=1S/C16H28BNO4/c1-14(2,3)20-13(19)18-12-9-8-11(10-12)17-21-15(4,5)16(6,7)22-17/h8,12H,9-10H2,1-7H3,(H,18,19)/p+1. The molecule has 0 aromatic carbocycles. The van der Waals surface area contributed by atoms with Crippen LogP contribution in [0.3, 0.4) is 0 Å². The summed E-state index contributed by atoms with van der Waals surface area (Å²) in [5.74, 6) is 0. The van der Waals surface area contributed by atoms with Crippen molar-refractivity contribution in [3.8, 4) is 0 Å². The van der Waals surface area contributed by atoms with Gasteiger partial charge in [0.1, 0.15) is 11.6 Å². The number of carbonyl (C=O) groups is 1. The fourth-order valence-corrected chi connectivity index (χ4v) is 2.61. The zero-order valence-electron chi connectivity index (χ0n) is 14.9. The molecule has 2 aliphatic rings. The van der Waals surface area contributed by atoms with Gasteiger partial charge in [-0.3, -0.25) is 0 Å². The average molecular weight is 310 g/mol. The second kappa shape index (κ2) is 5.66. The fourth-order valence-electron chi connectivity index (χ4n) is 2.61. The Kier molecular flexibility index (Phi) is 4.50. The van der Waals surface area contributed by atoms with Crippen LogP contribution in [0.2, 0.25) is 0 Å². The number of primary amides is 1. The molecule has 1 aliphatic carbocycles. The third-order valence-electron chi connectivity index (χ3n) is 4.52. The molecule has 22 heavy (non-hydrogen) atoms. The van der Waals surface area contributed by atoms with Crippen LogP contribution in [0.15, 0.2) is 11.5 Å². The minimum Gasteiger partial charge on any atom is -0.414 e. The number of ether oxygens (including phenoxy) is 1. The molecule has 1 atom stereocenters. The normalized spacial score (nSPS) is 27.0. The minimum absolute atomic E-state index is 0.170. The van der Waals surface area contributed by atoms with Crippen molar-refractivity contribution in [2.75, 3.05) is 0 Å². The highest BCUT2D eigenvalue weighted by Crippen LogP contribution is 2.40. The van der Waals surface area contributed by atoms with Gasteiger partial charge in [-0.1, -0.05) is 6.08 Å². The predicted octanol–water partition coefficient (Wildman–Crippen LogP) is 2.21. The largest absolute Gasteiger partial charge is 0.513 e. The highest BCUT2D eigenvalue weighted by atomic mass is 16.7. The molecule has 1 heterocycles. The lowest BCUT2D eigenvalue weighted by molar-refractivity contribution is -0.608. The molecule has 2 rings (SSSR count). The summed E-state index contributed by atoms with van der Waals surface area (Å²) in [6.45, 7) is 13.8. The minimum atomic E-state index is -0.450. The second-order valence-corrected chi connectivity index (χ2v) is 8.27. The molecule has 0 aromatic heterocycles. The summed E-state index contributed by atoms with van der Waals surface area (Å²) in [7, 11) is -0.304. The third kappa shape index (κ3) is 3.92.